The van der Waals surface area contributed by atoms with E-state index in [9.17, 15) is 0 Å². The molecule has 0 amide bonds. The highest BCUT2D eigenvalue weighted by Crippen LogP contribution is 2.32. The van der Waals surface area contributed by atoms with Crippen molar-refractivity contribution < 1.29 is 0 Å². The molecule has 2 heteroatoms. The summed E-state index contributed by atoms with van der Waals surface area (Å²) < 4.78 is 2.27. The number of hydrogen-bond donors (Lipinski definition) is 0. The highest BCUT2D eigenvalue weighted by atomic mass is 15.0. The van der Waals surface area contributed by atoms with Gasteiger partial charge in [-0.25, -0.2) is 4.98 Å². The van der Waals surface area contributed by atoms with E-state index in [-0.39, 0.29) is 0 Å². The lowest BCUT2D eigenvalue weighted by molar-refractivity contribution is 0.428. The van der Waals surface area contributed by atoms with Crippen LogP contribution in [0.5, 0.6) is 0 Å². The molecule has 2 aromatic heterocycles. The number of aryl methyl sites for hydroxylation is 1. The van der Waals surface area contributed by atoms with Gasteiger partial charge in [-0.1, -0.05) is 19.3 Å². The van der Waals surface area contributed by atoms with Gasteiger partial charge in [-0.3, -0.25) is 0 Å². The van der Waals surface area contributed by atoms with Crippen molar-refractivity contribution in [1.29, 1.82) is 0 Å². The molecule has 0 N–H and O–H groups in total. The molecule has 2 heterocycles. The number of nitrogens with zero attached hydrogens (tertiary/aromatic N) is 2. The summed E-state index contributed by atoms with van der Waals surface area (Å²) in [6, 6.07) is 4.38. The Labute approximate surface area is 96.3 Å². The van der Waals surface area contributed by atoms with Gasteiger partial charge in [0.2, 0.25) is 0 Å². The van der Waals surface area contributed by atoms with Crippen LogP contribution in [0.3, 0.4) is 0 Å². The van der Waals surface area contributed by atoms with Gasteiger partial charge in [-0.05, 0) is 37.5 Å². The Morgan fingerprint density at radius 1 is 1.25 bits per heavy atom. The Hall–Kier alpha value is -1.31. The SMILES string of the molecule is Cc1ccn2c(C3CCCCC3)ncc2c1. The molecule has 84 valence electrons. The minimum absolute atomic E-state index is 0.680. The molecule has 0 aromatic carbocycles. The molecule has 1 aliphatic rings. The monoisotopic (exact) mass is 214 g/mol. The maximum atomic E-state index is 4.62. The Morgan fingerprint density at radius 3 is 2.88 bits per heavy atom. The van der Waals surface area contributed by atoms with Gasteiger partial charge in [-0.15, -0.1) is 0 Å². The normalized spacial score (nSPS) is 18.1. The Balaban J connectivity index is 2.03. The van der Waals surface area contributed by atoms with Gasteiger partial charge in [0.05, 0.1) is 11.7 Å². The number of pyridine rings is 1. The van der Waals surface area contributed by atoms with Gasteiger partial charge in [0.15, 0.2) is 0 Å². The Bertz CT molecular complexity index is 492. The highest BCUT2D eigenvalue weighted by molar-refractivity contribution is 5.48. The van der Waals surface area contributed by atoms with Crippen LogP contribution in [-0.2, 0) is 0 Å². The number of aromatic nitrogens is 2. The van der Waals surface area contributed by atoms with E-state index in [4.69, 9.17) is 0 Å². The van der Waals surface area contributed by atoms with E-state index in [0.717, 1.165) is 0 Å². The zero-order valence-electron chi connectivity index (χ0n) is 9.82. The molecule has 0 spiro atoms. The topological polar surface area (TPSA) is 17.3 Å². The second-order valence-corrected chi connectivity index (χ2v) is 4.95. The zero-order chi connectivity index (χ0) is 11.0. The standard InChI is InChI=1S/C14H18N2/c1-11-7-8-16-13(9-11)10-15-14(16)12-5-3-2-4-6-12/h7-10,12H,2-6H2,1H3. The zero-order valence-corrected chi connectivity index (χ0v) is 9.82. The van der Waals surface area contributed by atoms with Crippen LogP contribution in [-0.4, -0.2) is 9.38 Å². The first-order valence-corrected chi connectivity index (χ1v) is 6.28. The van der Waals surface area contributed by atoms with Crippen molar-refractivity contribution in [2.75, 3.05) is 0 Å². The van der Waals surface area contributed by atoms with Gasteiger partial charge in [0.25, 0.3) is 0 Å². The molecule has 16 heavy (non-hydrogen) atoms. The fourth-order valence-corrected chi connectivity index (χ4v) is 2.79. The van der Waals surface area contributed by atoms with Crippen LogP contribution < -0.4 is 0 Å². The van der Waals surface area contributed by atoms with Crippen LogP contribution in [0.2, 0.25) is 0 Å². The quantitative estimate of drug-likeness (QED) is 0.707. The van der Waals surface area contributed by atoms with Crippen molar-refractivity contribution in [2.24, 2.45) is 0 Å². The Kier molecular flexibility index (Phi) is 2.43. The summed E-state index contributed by atoms with van der Waals surface area (Å²) in [7, 11) is 0. The first-order chi connectivity index (χ1) is 7.84. The molecule has 0 radical (unpaired) electrons. The minimum Gasteiger partial charge on any atom is -0.304 e. The smallest absolute Gasteiger partial charge is 0.116 e. The average molecular weight is 214 g/mol. The lowest BCUT2D eigenvalue weighted by Crippen LogP contribution is -2.08. The maximum absolute atomic E-state index is 4.62. The van der Waals surface area contributed by atoms with Gasteiger partial charge >= 0.3 is 0 Å². The van der Waals surface area contributed by atoms with Crippen molar-refractivity contribution >= 4 is 5.52 Å². The number of fused-ring (bicyclic) bond motifs is 1. The van der Waals surface area contributed by atoms with Crippen LogP contribution in [0.25, 0.3) is 5.52 Å². The summed E-state index contributed by atoms with van der Waals surface area (Å²) in [5.41, 5.74) is 2.54. The molecule has 0 atom stereocenters. The molecule has 1 saturated carbocycles. The largest absolute Gasteiger partial charge is 0.304 e. The fraction of sp³-hybridized carbons (Fsp3) is 0.500. The summed E-state index contributed by atoms with van der Waals surface area (Å²) in [5.74, 6) is 1.95. The third-order valence-corrected chi connectivity index (χ3v) is 3.69. The van der Waals surface area contributed by atoms with Crippen molar-refractivity contribution in [3.8, 4) is 0 Å². The molecule has 0 saturated heterocycles. The van der Waals surface area contributed by atoms with Crippen LogP contribution in [0, 0.1) is 6.92 Å². The van der Waals surface area contributed by atoms with Crippen molar-refractivity contribution in [1.82, 2.24) is 9.38 Å². The van der Waals surface area contributed by atoms with Crippen LogP contribution in [0.15, 0.2) is 24.5 Å². The van der Waals surface area contributed by atoms with Crippen LogP contribution in [0.1, 0.15) is 49.4 Å². The summed E-state index contributed by atoms with van der Waals surface area (Å²) in [6.45, 7) is 2.13. The molecule has 0 bridgehead atoms. The van der Waals surface area contributed by atoms with Gasteiger partial charge in [-0.2, -0.15) is 0 Å². The predicted molar refractivity (Wildman–Crippen MR) is 65.8 cm³/mol. The fourth-order valence-electron chi connectivity index (χ4n) is 2.79. The second kappa shape index (κ2) is 3.93. The molecule has 3 rings (SSSR count). The minimum atomic E-state index is 0.680. The molecule has 0 unspecified atom stereocenters. The highest BCUT2D eigenvalue weighted by Gasteiger charge is 2.19. The summed E-state index contributed by atoms with van der Waals surface area (Å²) in [6.07, 6.45) is 10.9. The van der Waals surface area contributed by atoms with Crippen LogP contribution in [0.4, 0.5) is 0 Å². The predicted octanol–water partition coefficient (Wildman–Crippen LogP) is 3.69. The van der Waals surface area contributed by atoms with Crippen LogP contribution >= 0.6 is 0 Å². The van der Waals surface area contributed by atoms with E-state index in [1.807, 2.05) is 6.20 Å². The number of imidazole rings is 1. The lowest BCUT2D eigenvalue weighted by atomic mass is 9.89. The van der Waals surface area contributed by atoms with E-state index in [2.05, 4.69) is 34.6 Å². The third-order valence-electron chi connectivity index (χ3n) is 3.69. The van der Waals surface area contributed by atoms with E-state index >= 15 is 0 Å². The van der Waals surface area contributed by atoms with Crippen molar-refractivity contribution in [2.45, 2.75) is 44.9 Å². The van der Waals surface area contributed by atoms with E-state index in [1.54, 1.807) is 0 Å². The molecule has 1 aliphatic carbocycles. The Morgan fingerprint density at radius 2 is 2.06 bits per heavy atom. The van der Waals surface area contributed by atoms with Gasteiger partial charge < -0.3 is 4.40 Å². The summed E-state index contributed by atoms with van der Waals surface area (Å²) in [5, 5.41) is 0. The molecular weight excluding hydrogens is 196 g/mol. The van der Waals surface area contributed by atoms with Gasteiger partial charge in [0, 0.05) is 12.1 Å². The third kappa shape index (κ3) is 1.62. The van der Waals surface area contributed by atoms with E-state index in [1.165, 1.54) is 49.0 Å². The average Bonchev–Trinajstić information content (AvgIpc) is 2.73. The van der Waals surface area contributed by atoms with Gasteiger partial charge in [0.1, 0.15) is 5.82 Å². The first-order valence-electron chi connectivity index (χ1n) is 6.28. The molecular formula is C14H18N2. The van der Waals surface area contributed by atoms with E-state index < -0.39 is 0 Å². The first kappa shape index (κ1) is 9.88. The van der Waals surface area contributed by atoms with E-state index in [0.29, 0.717) is 5.92 Å². The molecule has 0 aliphatic heterocycles. The summed E-state index contributed by atoms with van der Waals surface area (Å²) in [4.78, 5) is 4.62. The van der Waals surface area contributed by atoms with Crippen molar-refractivity contribution in [3.63, 3.8) is 0 Å². The lowest BCUT2D eigenvalue weighted by Gasteiger charge is -2.20. The molecule has 2 nitrogen and oxygen atoms in total. The molecule has 2 aromatic rings. The van der Waals surface area contributed by atoms with Crippen molar-refractivity contribution in [3.05, 3.63) is 35.9 Å². The summed E-state index contributed by atoms with van der Waals surface area (Å²) >= 11 is 0. The number of rotatable bonds is 1. The maximum Gasteiger partial charge on any atom is 0.116 e. The number of hydrogen-bond acceptors (Lipinski definition) is 1. The second-order valence-electron chi connectivity index (χ2n) is 4.95. The molecule has 1 fully saturated rings.